The van der Waals surface area contributed by atoms with E-state index in [0.29, 0.717) is 23.6 Å². The van der Waals surface area contributed by atoms with Crippen molar-refractivity contribution in [2.45, 2.75) is 25.0 Å². The summed E-state index contributed by atoms with van der Waals surface area (Å²) >= 11 is 0. The van der Waals surface area contributed by atoms with Gasteiger partial charge in [-0.3, -0.25) is 9.78 Å². The molecule has 2 aliphatic heterocycles. The number of pyridine rings is 1. The van der Waals surface area contributed by atoms with Gasteiger partial charge in [-0.25, -0.2) is 0 Å². The van der Waals surface area contributed by atoms with Crippen LogP contribution < -0.4 is 15.0 Å². The quantitative estimate of drug-likeness (QED) is 0.872. The van der Waals surface area contributed by atoms with Crippen LogP contribution in [0.3, 0.4) is 0 Å². The second kappa shape index (κ2) is 6.37. The Labute approximate surface area is 146 Å². The van der Waals surface area contributed by atoms with Crippen LogP contribution in [0.2, 0.25) is 0 Å². The van der Waals surface area contributed by atoms with Gasteiger partial charge in [-0.2, -0.15) is 0 Å². The highest BCUT2D eigenvalue weighted by Gasteiger charge is 2.40. The van der Waals surface area contributed by atoms with Crippen LogP contribution in [0.15, 0.2) is 42.6 Å². The van der Waals surface area contributed by atoms with Gasteiger partial charge in [0.25, 0.3) is 5.91 Å². The van der Waals surface area contributed by atoms with E-state index in [9.17, 15) is 9.90 Å². The van der Waals surface area contributed by atoms with Crippen molar-refractivity contribution < 1.29 is 14.6 Å². The van der Waals surface area contributed by atoms with Crippen LogP contribution in [-0.2, 0) is 6.61 Å². The summed E-state index contributed by atoms with van der Waals surface area (Å²) in [6.07, 6.45) is 3.36. The molecule has 1 aromatic carbocycles. The number of benzene rings is 1. The van der Waals surface area contributed by atoms with E-state index in [-0.39, 0.29) is 18.1 Å². The van der Waals surface area contributed by atoms with E-state index < -0.39 is 0 Å². The van der Waals surface area contributed by atoms with Crippen LogP contribution in [-0.4, -0.2) is 41.2 Å². The molecule has 2 aromatic rings. The largest absolute Gasteiger partial charge is 0.484 e. The van der Waals surface area contributed by atoms with Gasteiger partial charge in [-0.15, -0.1) is 0 Å². The number of carbonyl (C=O) groups is 1. The Bertz CT molecular complexity index is 785. The Morgan fingerprint density at radius 3 is 2.84 bits per heavy atom. The lowest BCUT2D eigenvalue weighted by atomic mass is 9.90. The highest BCUT2D eigenvalue weighted by molar-refractivity contribution is 5.97. The van der Waals surface area contributed by atoms with Crippen molar-refractivity contribution in [1.82, 2.24) is 10.3 Å². The molecule has 0 bridgehead atoms. The Balaban J connectivity index is 1.52. The molecular weight excluding hydrogens is 318 g/mol. The standard InChI is InChI=1S/C19H21N3O3/c23-12-14-11-15(5-8-20-14)22-9-6-19(7-10-22)13-21-18(24)16-3-1-2-4-17(16)25-19/h1-5,8,11,23H,6-7,9-10,12-13H2,(H,21,24). The van der Waals surface area contributed by atoms with Crippen molar-refractivity contribution in [3.8, 4) is 5.75 Å². The summed E-state index contributed by atoms with van der Waals surface area (Å²) in [5, 5.41) is 12.3. The van der Waals surface area contributed by atoms with Crippen molar-refractivity contribution in [2.75, 3.05) is 24.5 Å². The van der Waals surface area contributed by atoms with Gasteiger partial charge in [0, 0.05) is 37.8 Å². The molecule has 2 N–H and O–H groups in total. The van der Waals surface area contributed by atoms with Gasteiger partial charge in [0.2, 0.25) is 0 Å². The van der Waals surface area contributed by atoms with Gasteiger partial charge in [-0.05, 0) is 24.3 Å². The van der Waals surface area contributed by atoms with Crippen LogP contribution in [0, 0.1) is 0 Å². The van der Waals surface area contributed by atoms with Crippen LogP contribution >= 0.6 is 0 Å². The number of hydrogen-bond donors (Lipinski definition) is 2. The van der Waals surface area contributed by atoms with Gasteiger partial charge >= 0.3 is 0 Å². The number of fused-ring (bicyclic) bond motifs is 1. The monoisotopic (exact) mass is 339 g/mol. The average Bonchev–Trinajstić information content (AvgIpc) is 2.80. The number of aliphatic hydroxyl groups excluding tert-OH is 1. The molecule has 4 rings (SSSR count). The minimum atomic E-state index is -0.369. The number of carbonyl (C=O) groups excluding carboxylic acids is 1. The molecule has 0 aliphatic carbocycles. The fourth-order valence-corrected chi connectivity index (χ4v) is 3.55. The summed E-state index contributed by atoms with van der Waals surface area (Å²) < 4.78 is 6.32. The van der Waals surface area contributed by atoms with E-state index in [1.165, 1.54) is 0 Å². The molecule has 25 heavy (non-hydrogen) atoms. The molecule has 0 radical (unpaired) electrons. The number of anilines is 1. The Morgan fingerprint density at radius 2 is 2.04 bits per heavy atom. The van der Waals surface area contributed by atoms with E-state index in [1.807, 2.05) is 30.3 Å². The SMILES string of the molecule is O=C1NCC2(CCN(c3ccnc(CO)c3)CC2)Oc2ccccc21. The third-order valence-electron chi connectivity index (χ3n) is 5.03. The summed E-state index contributed by atoms with van der Waals surface area (Å²) in [5.41, 5.74) is 1.96. The number of piperidine rings is 1. The number of para-hydroxylation sites is 1. The van der Waals surface area contributed by atoms with E-state index in [4.69, 9.17) is 4.74 Å². The lowest BCUT2D eigenvalue weighted by molar-refractivity contribution is 0.0473. The topological polar surface area (TPSA) is 74.7 Å². The van der Waals surface area contributed by atoms with Gasteiger partial charge in [0.05, 0.1) is 24.4 Å². The molecule has 1 spiro atoms. The zero-order chi connectivity index (χ0) is 17.3. The molecule has 2 aliphatic rings. The number of rotatable bonds is 2. The lowest BCUT2D eigenvalue weighted by Gasteiger charge is -2.42. The minimum Gasteiger partial charge on any atom is -0.484 e. The number of hydrogen-bond acceptors (Lipinski definition) is 5. The first kappa shape index (κ1) is 15.9. The smallest absolute Gasteiger partial charge is 0.255 e. The van der Waals surface area contributed by atoms with Crippen LogP contribution in [0.25, 0.3) is 0 Å². The number of nitrogens with zero attached hydrogens (tertiary/aromatic N) is 2. The molecule has 6 nitrogen and oxygen atoms in total. The highest BCUT2D eigenvalue weighted by Crippen LogP contribution is 2.34. The summed E-state index contributed by atoms with van der Waals surface area (Å²) in [6, 6.07) is 11.3. The second-order valence-corrected chi connectivity index (χ2v) is 6.61. The molecule has 1 amide bonds. The maximum Gasteiger partial charge on any atom is 0.255 e. The van der Waals surface area contributed by atoms with Crippen molar-refractivity contribution in [3.63, 3.8) is 0 Å². The van der Waals surface area contributed by atoms with Crippen molar-refractivity contribution in [2.24, 2.45) is 0 Å². The Kier molecular flexibility index (Phi) is 4.05. The molecule has 130 valence electrons. The average molecular weight is 339 g/mol. The van der Waals surface area contributed by atoms with Crippen LogP contribution in [0.5, 0.6) is 5.75 Å². The summed E-state index contributed by atoms with van der Waals surface area (Å²) in [4.78, 5) is 18.7. The van der Waals surface area contributed by atoms with Crippen LogP contribution in [0.4, 0.5) is 5.69 Å². The maximum absolute atomic E-state index is 12.3. The first-order valence-electron chi connectivity index (χ1n) is 8.56. The second-order valence-electron chi connectivity index (χ2n) is 6.61. The molecule has 1 fully saturated rings. The van der Waals surface area contributed by atoms with Gasteiger partial charge < -0.3 is 20.1 Å². The lowest BCUT2D eigenvalue weighted by Crippen LogP contribution is -2.53. The molecule has 0 saturated carbocycles. The first-order chi connectivity index (χ1) is 12.2. The number of amides is 1. The molecular formula is C19H21N3O3. The van der Waals surface area contributed by atoms with E-state index in [2.05, 4.69) is 15.2 Å². The number of aromatic nitrogens is 1. The number of ether oxygens (including phenoxy) is 1. The van der Waals surface area contributed by atoms with Crippen molar-refractivity contribution in [1.29, 1.82) is 0 Å². The van der Waals surface area contributed by atoms with Gasteiger partial charge in [0.15, 0.2) is 0 Å². The Morgan fingerprint density at radius 1 is 1.24 bits per heavy atom. The molecule has 0 unspecified atom stereocenters. The third-order valence-corrected chi connectivity index (χ3v) is 5.03. The summed E-state index contributed by atoms with van der Waals surface area (Å²) in [5.74, 6) is 0.592. The van der Waals surface area contributed by atoms with E-state index >= 15 is 0 Å². The third kappa shape index (κ3) is 3.05. The fourth-order valence-electron chi connectivity index (χ4n) is 3.55. The fraction of sp³-hybridized carbons (Fsp3) is 0.368. The van der Waals surface area contributed by atoms with Crippen molar-refractivity contribution in [3.05, 3.63) is 53.9 Å². The molecule has 3 heterocycles. The molecule has 0 atom stereocenters. The predicted molar refractivity (Wildman–Crippen MR) is 93.7 cm³/mol. The normalized spacial score (nSPS) is 18.9. The van der Waals surface area contributed by atoms with E-state index in [1.54, 1.807) is 12.3 Å². The van der Waals surface area contributed by atoms with Gasteiger partial charge in [-0.1, -0.05) is 12.1 Å². The Hall–Kier alpha value is -2.60. The number of aliphatic hydroxyl groups is 1. The van der Waals surface area contributed by atoms with E-state index in [0.717, 1.165) is 31.6 Å². The summed E-state index contributed by atoms with van der Waals surface area (Å²) in [7, 11) is 0. The predicted octanol–water partition coefficient (Wildman–Crippen LogP) is 1.74. The summed E-state index contributed by atoms with van der Waals surface area (Å²) in [6.45, 7) is 2.12. The zero-order valence-electron chi connectivity index (χ0n) is 13.9. The number of nitrogens with one attached hydrogen (secondary N) is 1. The highest BCUT2D eigenvalue weighted by atomic mass is 16.5. The first-order valence-corrected chi connectivity index (χ1v) is 8.56. The van der Waals surface area contributed by atoms with Crippen molar-refractivity contribution >= 4 is 11.6 Å². The minimum absolute atomic E-state index is 0.0580. The van der Waals surface area contributed by atoms with Gasteiger partial charge in [0.1, 0.15) is 11.4 Å². The molecule has 1 saturated heterocycles. The zero-order valence-corrected chi connectivity index (χ0v) is 13.9. The van der Waals surface area contributed by atoms with Crippen LogP contribution in [0.1, 0.15) is 28.9 Å². The molecule has 6 heteroatoms. The molecule has 1 aromatic heterocycles. The maximum atomic E-state index is 12.3.